The topological polar surface area (TPSA) is 63.3 Å². The van der Waals surface area contributed by atoms with Gasteiger partial charge in [-0.05, 0) is 57.3 Å². The molecule has 0 bridgehead atoms. The van der Waals surface area contributed by atoms with Gasteiger partial charge in [-0.25, -0.2) is 0 Å². The number of aromatic hydroxyl groups is 1. The van der Waals surface area contributed by atoms with Crippen LogP contribution in [0.15, 0.2) is 12.1 Å². The maximum atomic E-state index is 10.8. The van der Waals surface area contributed by atoms with Gasteiger partial charge in [0.15, 0.2) is 0 Å². The molecule has 0 aliphatic carbocycles. The Morgan fingerprint density at radius 1 is 1.33 bits per heavy atom. The Morgan fingerprint density at radius 3 is 2.25 bits per heavy atom. The minimum atomic E-state index is -0.601. The van der Waals surface area contributed by atoms with E-state index in [4.69, 9.17) is 5.73 Å². The summed E-state index contributed by atoms with van der Waals surface area (Å²) < 4.78 is 1.29. The van der Waals surface area contributed by atoms with Crippen molar-refractivity contribution in [2.24, 2.45) is 5.73 Å². The van der Waals surface area contributed by atoms with Crippen molar-refractivity contribution in [1.82, 2.24) is 0 Å². The fourth-order valence-corrected chi connectivity index (χ4v) is 1.93. The Labute approximate surface area is 96.6 Å². The molecule has 0 aliphatic heterocycles. The van der Waals surface area contributed by atoms with Crippen LogP contribution in [0.3, 0.4) is 0 Å². The number of benzene rings is 1. The molecule has 1 aromatic carbocycles. The van der Waals surface area contributed by atoms with E-state index in [2.05, 4.69) is 0 Å². The molecule has 3 N–H and O–H groups in total. The molecular weight excluding hydrogens is 384 g/mol. The number of amides is 1. The first-order valence-corrected chi connectivity index (χ1v) is 5.16. The zero-order valence-corrected chi connectivity index (χ0v) is 10.2. The SMILES string of the molecule is NC(=O)c1c(I)ccc(I)c1O. The van der Waals surface area contributed by atoms with E-state index in [1.54, 1.807) is 12.1 Å². The summed E-state index contributed by atoms with van der Waals surface area (Å²) in [5, 5.41) is 9.44. The lowest BCUT2D eigenvalue weighted by atomic mass is 10.2. The molecular formula is C7H5I2NO2. The van der Waals surface area contributed by atoms with E-state index >= 15 is 0 Å². The van der Waals surface area contributed by atoms with Gasteiger partial charge in [-0.2, -0.15) is 0 Å². The van der Waals surface area contributed by atoms with E-state index in [-0.39, 0.29) is 11.3 Å². The molecule has 0 spiro atoms. The van der Waals surface area contributed by atoms with Crippen molar-refractivity contribution >= 4 is 51.1 Å². The highest BCUT2D eigenvalue weighted by Crippen LogP contribution is 2.27. The molecule has 64 valence electrons. The Hall–Kier alpha value is -0.0500. The van der Waals surface area contributed by atoms with Crippen LogP contribution in [0, 0.1) is 7.14 Å². The smallest absolute Gasteiger partial charge is 0.253 e. The molecule has 0 heterocycles. The monoisotopic (exact) mass is 389 g/mol. The zero-order chi connectivity index (χ0) is 9.30. The Balaban J connectivity index is 3.43. The molecule has 0 unspecified atom stereocenters. The summed E-state index contributed by atoms with van der Waals surface area (Å²) in [5.41, 5.74) is 5.27. The Morgan fingerprint density at radius 2 is 1.83 bits per heavy atom. The first-order valence-electron chi connectivity index (χ1n) is 3.01. The standard InChI is InChI=1S/C7H5I2NO2/c8-3-1-2-4(9)6(11)5(3)7(10)12/h1-2,11H,(H2,10,12). The average Bonchev–Trinajstić information content (AvgIpc) is 1.97. The first-order chi connectivity index (χ1) is 5.54. The lowest BCUT2D eigenvalue weighted by molar-refractivity contribution is 0.0997. The minimum Gasteiger partial charge on any atom is -0.506 e. The molecule has 0 saturated heterocycles. The predicted molar refractivity (Wildman–Crippen MR) is 62.1 cm³/mol. The van der Waals surface area contributed by atoms with Crippen LogP contribution in [0.25, 0.3) is 0 Å². The quantitative estimate of drug-likeness (QED) is 0.719. The molecule has 0 aromatic heterocycles. The fraction of sp³-hybridized carbons (Fsp3) is 0. The third-order valence-corrected chi connectivity index (χ3v) is 3.09. The summed E-state index contributed by atoms with van der Waals surface area (Å²) in [4.78, 5) is 10.8. The molecule has 0 atom stereocenters. The minimum absolute atomic E-state index is 0.0324. The number of rotatable bonds is 1. The summed E-state index contributed by atoms with van der Waals surface area (Å²) in [5.74, 6) is -0.634. The fourth-order valence-electron chi connectivity index (χ4n) is 0.776. The average molecular weight is 389 g/mol. The van der Waals surface area contributed by atoms with Gasteiger partial charge in [-0.15, -0.1) is 0 Å². The van der Waals surface area contributed by atoms with E-state index in [9.17, 15) is 9.90 Å². The summed E-state index contributed by atoms with van der Waals surface area (Å²) >= 11 is 3.89. The molecule has 1 amide bonds. The first kappa shape index (κ1) is 10.0. The number of carbonyl (C=O) groups excluding carboxylic acids is 1. The molecule has 0 aliphatic rings. The van der Waals surface area contributed by atoms with Gasteiger partial charge in [0.2, 0.25) is 0 Å². The normalized spacial score (nSPS) is 9.83. The van der Waals surface area contributed by atoms with Gasteiger partial charge in [0, 0.05) is 3.57 Å². The predicted octanol–water partition coefficient (Wildman–Crippen LogP) is 1.70. The lowest BCUT2D eigenvalue weighted by Gasteiger charge is -2.04. The molecule has 0 fully saturated rings. The third kappa shape index (κ3) is 1.82. The van der Waals surface area contributed by atoms with Crippen LogP contribution >= 0.6 is 45.2 Å². The van der Waals surface area contributed by atoms with Crippen molar-refractivity contribution in [1.29, 1.82) is 0 Å². The summed E-state index contributed by atoms with van der Waals surface area (Å²) in [6.45, 7) is 0. The molecule has 5 heteroatoms. The summed E-state index contributed by atoms with van der Waals surface area (Å²) in [7, 11) is 0. The third-order valence-electron chi connectivity index (χ3n) is 1.32. The number of hydrogen-bond donors (Lipinski definition) is 2. The highest BCUT2D eigenvalue weighted by molar-refractivity contribution is 14.1. The van der Waals surface area contributed by atoms with Gasteiger partial charge >= 0.3 is 0 Å². The maximum absolute atomic E-state index is 10.8. The Kier molecular flexibility index (Phi) is 3.16. The second-order valence-electron chi connectivity index (χ2n) is 2.12. The zero-order valence-electron chi connectivity index (χ0n) is 5.84. The molecule has 3 nitrogen and oxygen atoms in total. The van der Waals surface area contributed by atoms with Crippen LogP contribution in [0.1, 0.15) is 10.4 Å². The highest BCUT2D eigenvalue weighted by atomic mass is 127. The van der Waals surface area contributed by atoms with Crippen molar-refractivity contribution in [2.45, 2.75) is 0 Å². The number of nitrogens with two attached hydrogens (primary N) is 1. The number of primary amides is 1. The number of hydrogen-bond acceptors (Lipinski definition) is 2. The van der Waals surface area contributed by atoms with Gasteiger partial charge in [-0.3, -0.25) is 4.79 Å². The second kappa shape index (κ2) is 3.77. The van der Waals surface area contributed by atoms with Gasteiger partial charge < -0.3 is 10.8 Å². The van der Waals surface area contributed by atoms with Crippen molar-refractivity contribution in [3.05, 3.63) is 24.8 Å². The van der Waals surface area contributed by atoms with E-state index in [0.717, 1.165) is 0 Å². The van der Waals surface area contributed by atoms with Crippen molar-refractivity contribution in [2.75, 3.05) is 0 Å². The Bertz CT molecular complexity index is 338. The van der Waals surface area contributed by atoms with Crippen molar-refractivity contribution in [3.63, 3.8) is 0 Å². The highest BCUT2D eigenvalue weighted by Gasteiger charge is 2.13. The van der Waals surface area contributed by atoms with Gasteiger partial charge in [-0.1, -0.05) is 0 Å². The number of halogens is 2. The van der Waals surface area contributed by atoms with Crippen LogP contribution in [0.2, 0.25) is 0 Å². The van der Waals surface area contributed by atoms with Crippen LogP contribution in [0.5, 0.6) is 5.75 Å². The number of phenols is 1. The van der Waals surface area contributed by atoms with E-state index < -0.39 is 5.91 Å². The summed E-state index contributed by atoms with van der Waals surface area (Å²) in [6, 6.07) is 3.46. The van der Waals surface area contributed by atoms with E-state index in [0.29, 0.717) is 7.14 Å². The number of carbonyl (C=O) groups is 1. The van der Waals surface area contributed by atoms with E-state index in [1.807, 2.05) is 45.2 Å². The maximum Gasteiger partial charge on any atom is 0.253 e. The molecule has 0 saturated carbocycles. The van der Waals surface area contributed by atoms with Gasteiger partial charge in [0.05, 0.1) is 9.13 Å². The lowest BCUT2D eigenvalue weighted by Crippen LogP contribution is -2.13. The van der Waals surface area contributed by atoms with Crippen molar-refractivity contribution < 1.29 is 9.90 Å². The molecule has 1 rings (SSSR count). The van der Waals surface area contributed by atoms with E-state index in [1.165, 1.54) is 0 Å². The van der Waals surface area contributed by atoms with Crippen LogP contribution in [-0.2, 0) is 0 Å². The van der Waals surface area contributed by atoms with Crippen LogP contribution < -0.4 is 5.73 Å². The largest absolute Gasteiger partial charge is 0.506 e. The van der Waals surface area contributed by atoms with Gasteiger partial charge in [0.25, 0.3) is 5.91 Å². The van der Waals surface area contributed by atoms with Crippen molar-refractivity contribution in [3.8, 4) is 5.75 Å². The molecule has 0 radical (unpaired) electrons. The molecule has 12 heavy (non-hydrogen) atoms. The molecule has 1 aromatic rings. The second-order valence-corrected chi connectivity index (χ2v) is 4.44. The van der Waals surface area contributed by atoms with Gasteiger partial charge in [0.1, 0.15) is 5.75 Å². The van der Waals surface area contributed by atoms with Crippen LogP contribution in [0.4, 0.5) is 0 Å². The summed E-state index contributed by atoms with van der Waals surface area (Å²) in [6.07, 6.45) is 0. The van der Waals surface area contributed by atoms with Crippen LogP contribution in [-0.4, -0.2) is 11.0 Å².